The van der Waals surface area contributed by atoms with Crippen LogP contribution in [-0.4, -0.2) is 58.2 Å². The molecule has 2 amide bonds. The largest absolute Gasteiger partial charge is 0.480 e. The van der Waals surface area contributed by atoms with Crippen LogP contribution in [0, 0.1) is 35.5 Å². The second kappa shape index (κ2) is 8.73. The number of hydrogen-bond donors (Lipinski definition) is 2. The number of carboxylic acid groups (broad SMARTS) is 1. The summed E-state index contributed by atoms with van der Waals surface area (Å²) in [7, 11) is 3.99. The Morgan fingerprint density at radius 1 is 1.11 bits per heavy atom. The molecule has 2 aliphatic carbocycles. The van der Waals surface area contributed by atoms with Crippen LogP contribution in [0.3, 0.4) is 0 Å². The first-order chi connectivity index (χ1) is 17.6. The number of carbonyl (C=O) groups excluding carboxylic acids is 2. The van der Waals surface area contributed by atoms with E-state index >= 15 is 0 Å². The predicted octanol–water partition coefficient (Wildman–Crippen LogP) is 3.48. The Labute approximate surface area is 223 Å². The fourth-order valence-corrected chi connectivity index (χ4v) is 10.4. The van der Waals surface area contributed by atoms with Crippen molar-refractivity contribution in [2.75, 3.05) is 19.0 Å². The number of nitrogens with zero attached hydrogens (tertiary/aromatic N) is 2. The number of aliphatic carboxylic acids is 1. The third-order valence-corrected chi connectivity index (χ3v) is 11.4. The van der Waals surface area contributed by atoms with Crippen LogP contribution in [0.15, 0.2) is 34.1 Å². The number of fused-ring (bicyclic) bond motifs is 9. The van der Waals surface area contributed by atoms with Gasteiger partial charge in [0.25, 0.3) is 0 Å². The van der Waals surface area contributed by atoms with Gasteiger partial charge in [0.2, 0.25) is 11.8 Å². The van der Waals surface area contributed by atoms with Gasteiger partial charge in [-0.15, -0.1) is 11.8 Å². The lowest BCUT2D eigenvalue weighted by molar-refractivity contribution is -0.156. The Morgan fingerprint density at radius 3 is 2.35 bits per heavy atom. The number of anilines is 1. The molecule has 196 valence electrons. The van der Waals surface area contributed by atoms with Gasteiger partial charge < -0.3 is 15.0 Å². The van der Waals surface area contributed by atoms with Crippen molar-refractivity contribution >= 4 is 46.6 Å². The van der Waals surface area contributed by atoms with Crippen molar-refractivity contribution in [3.05, 3.63) is 44.4 Å². The first-order valence-corrected chi connectivity index (χ1v) is 14.5. The Kier molecular flexibility index (Phi) is 5.83. The Hall–Kier alpha value is -2.59. The zero-order valence-electron chi connectivity index (χ0n) is 21.2. The van der Waals surface area contributed by atoms with Crippen molar-refractivity contribution in [3.63, 3.8) is 0 Å². The lowest BCUT2D eigenvalue weighted by Gasteiger charge is -2.43. The number of aromatic nitrogens is 1. The average molecular weight is 542 g/mol. The number of hydrogen-bond acceptors (Lipinski definition) is 7. The van der Waals surface area contributed by atoms with Crippen molar-refractivity contribution in [1.29, 1.82) is 0 Å². The fraction of sp³-hybridized carbons (Fsp3) is 0.556. The van der Waals surface area contributed by atoms with E-state index < -0.39 is 23.8 Å². The second-order valence-electron chi connectivity index (χ2n) is 11.5. The molecule has 10 heteroatoms. The summed E-state index contributed by atoms with van der Waals surface area (Å²) >= 11 is 2.89. The maximum atomic E-state index is 13.8. The van der Waals surface area contributed by atoms with E-state index in [0.717, 1.165) is 32.5 Å². The highest BCUT2D eigenvalue weighted by atomic mass is 32.2. The van der Waals surface area contributed by atoms with E-state index in [1.807, 2.05) is 32.8 Å². The monoisotopic (exact) mass is 541 g/mol. The number of H-pyrrole nitrogens is 1. The first-order valence-electron chi connectivity index (χ1n) is 12.8. The van der Waals surface area contributed by atoms with E-state index in [1.165, 1.54) is 11.3 Å². The van der Waals surface area contributed by atoms with Crippen molar-refractivity contribution in [1.82, 2.24) is 9.88 Å². The van der Waals surface area contributed by atoms with Gasteiger partial charge in [-0.1, -0.05) is 37.3 Å². The normalized spacial score (nSPS) is 32.5. The predicted molar refractivity (Wildman–Crippen MR) is 142 cm³/mol. The van der Waals surface area contributed by atoms with E-state index in [-0.39, 0.29) is 57.9 Å². The summed E-state index contributed by atoms with van der Waals surface area (Å²) < 4.78 is 0. The number of thiazole rings is 1. The lowest BCUT2D eigenvalue weighted by Crippen LogP contribution is -2.47. The standard InChI is InChI=1S/C27H31N3O5S2/c1-11(2)9-16(26(33)34)30-24(31)19-14-10-15(20(19)25(30)32)21-18(14)17(22-23(36-21)28-27(35)37-22)12-5-7-13(8-6-12)29(3)4/h5-8,11,14-21H,9-10H2,1-4H3,(H,28,35)(H,33,34)/t14-,15-,16-,17-,18+,19+,20-,21-/m1/s1. The molecular weight excluding hydrogens is 510 g/mol. The van der Waals surface area contributed by atoms with Gasteiger partial charge in [-0.25, -0.2) is 4.79 Å². The molecule has 2 saturated carbocycles. The third-order valence-electron chi connectivity index (χ3n) is 8.82. The molecule has 2 N–H and O–H groups in total. The topological polar surface area (TPSA) is 111 Å². The number of carboxylic acids is 1. The van der Waals surface area contributed by atoms with Crippen molar-refractivity contribution in [3.8, 4) is 0 Å². The summed E-state index contributed by atoms with van der Waals surface area (Å²) in [5.41, 5.74) is 2.19. The van der Waals surface area contributed by atoms with Crippen molar-refractivity contribution in [2.45, 2.75) is 48.9 Å². The van der Waals surface area contributed by atoms with E-state index in [9.17, 15) is 24.3 Å². The molecule has 4 aliphatic rings. The van der Waals surface area contributed by atoms with Gasteiger partial charge in [-0.3, -0.25) is 19.3 Å². The number of likely N-dealkylation sites (tertiary alicyclic amines) is 1. The first kappa shape index (κ1) is 24.7. The Bertz CT molecular complexity index is 1330. The van der Waals surface area contributed by atoms with Crippen LogP contribution in [0.5, 0.6) is 0 Å². The van der Waals surface area contributed by atoms with Crippen LogP contribution >= 0.6 is 23.1 Å². The maximum Gasteiger partial charge on any atom is 0.326 e. The number of nitrogens with one attached hydrogen (secondary N) is 1. The third kappa shape index (κ3) is 3.62. The molecule has 1 saturated heterocycles. The highest BCUT2D eigenvalue weighted by Crippen LogP contribution is 2.68. The van der Waals surface area contributed by atoms with E-state index in [0.29, 0.717) is 0 Å². The Morgan fingerprint density at radius 2 is 1.76 bits per heavy atom. The Balaban J connectivity index is 1.40. The number of amides is 2. The van der Waals surface area contributed by atoms with E-state index in [2.05, 4.69) is 29.2 Å². The number of carbonyl (C=O) groups is 3. The minimum atomic E-state index is -1.12. The molecule has 2 aliphatic heterocycles. The van der Waals surface area contributed by atoms with Crippen LogP contribution in [-0.2, 0) is 14.4 Å². The van der Waals surface area contributed by atoms with Gasteiger partial charge in [-0.05, 0) is 54.2 Å². The number of thioether (sulfide) groups is 1. The summed E-state index contributed by atoms with van der Waals surface area (Å²) in [4.78, 5) is 59.1. The smallest absolute Gasteiger partial charge is 0.326 e. The molecule has 37 heavy (non-hydrogen) atoms. The lowest BCUT2D eigenvalue weighted by atomic mass is 9.68. The van der Waals surface area contributed by atoms with Crippen LogP contribution in [0.4, 0.5) is 5.69 Å². The molecule has 8 nitrogen and oxygen atoms in total. The molecule has 1 aromatic carbocycles. The molecular formula is C27H31N3O5S2. The summed E-state index contributed by atoms with van der Waals surface area (Å²) in [5, 5.41) is 10.9. The molecule has 0 unspecified atom stereocenters. The van der Waals surface area contributed by atoms with Gasteiger partial charge in [0, 0.05) is 35.8 Å². The number of aromatic amines is 1. The minimum Gasteiger partial charge on any atom is -0.480 e. The number of benzene rings is 1. The molecule has 6 rings (SSSR count). The number of imide groups is 1. The van der Waals surface area contributed by atoms with Gasteiger partial charge >= 0.3 is 10.8 Å². The van der Waals surface area contributed by atoms with Crippen molar-refractivity contribution in [2.24, 2.45) is 35.5 Å². The maximum absolute atomic E-state index is 13.8. The quantitative estimate of drug-likeness (QED) is 0.539. The SMILES string of the molecule is CC(C)C[C@H](C(=O)O)N1C(=O)[C@@H]2[C@H]3C[C@@H]([C@@H]2C1=O)[C@H]1[C@@H](c2ccc(N(C)C)cc2)c2sc(=O)[nH]c2S[C@H]31. The fourth-order valence-electron chi connectivity index (χ4n) is 7.46. The zero-order valence-corrected chi connectivity index (χ0v) is 22.8. The van der Waals surface area contributed by atoms with E-state index in [4.69, 9.17) is 0 Å². The van der Waals surface area contributed by atoms with Gasteiger partial charge in [0.1, 0.15) is 6.04 Å². The van der Waals surface area contributed by atoms with Crippen LogP contribution in [0.25, 0.3) is 0 Å². The summed E-state index contributed by atoms with van der Waals surface area (Å²) in [5.74, 6) is -2.62. The highest BCUT2D eigenvalue weighted by Gasteiger charge is 2.70. The molecule has 2 aromatic rings. The molecule has 8 atom stereocenters. The summed E-state index contributed by atoms with van der Waals surface area (Å²) in [6, 6.07) is 7.26. The molecule has 2 bridgehead atoms. The van der Waals surface area contributed by atoms with Gasteiger partial charge in [0.15, 0.2) is 0 Å². The van der Waals surface area contributed by atoms with Crippen molar-refractivity contribution < 1.29 is 19.5 Å². The van der Waals surface area contributed by atoms with Crippen LogP contribution in [0.2, 0.25) is 0 Å². The number of rotatable bonds is 6. The van der Waals surface area contributed by atoms with Gasteiger partial charge in [0.05, 0.1) is 16.9 Å². The summed E-state index contributed by atoms with van der Waals surface area (Å²) in [6.07, 6.45) is 1.04. The molecule has 3 heterocycles. The van der Waals surface area contributed by atoms with E-state index in [1.54, 1.807) is 11.8 Å². The second-order valence-corrected chi connectivity index (χ2v) is 13.7. The highest BCUT2D eigenvalue weighted by molar-refractivity contribution is 8.00. The summed E-state index contributed by atoms with van der Waals surface area (Å²) in [6.45, 7) is 3.81. The molecule has 0 radical (unpaired) electrons. The molecule has 3 fully saturated rings. The average Bonchev–Trinajstić information content (AvgIpc) is 3.56. The zero-order chi connectivity index (χ0) is 26.3. The van der Waals surface area contributed by atoms with Crippen LogP contribution < -0.4 is 9.77 Å². The minimum absolute atomic E-state index is 0.0138. The molecule has 0 spiro atoms. The van der Waals surface area contributed by atoms with Crippen LogP contribution in [0.1, 0.15) is 43.0 Å². The van der Waals surface area contributed by atoms with Gasteiger partial charge in [-0.2, -0.15) is 0 Å². The molecule has 1 aromatic heterocycles.